The summed E-state index contributed by atoms with van der Waals surface area (Å²) in [5.41, 5.74) is 9.76. The van der Waals surface area contributed by atoms with Crippen LogP contribution >= 0.6 is 0 Å². The molecule has 4 nitrogen and oxygen atoms in total. The van der Waals surface area contributed by atoms with E-state index in [0.29, 0.717) is 11.3 Å². The van der Waals surface area contributed by atoms with Gasteiger partial charge in [-0.1, -0.05) is 0 Å². The lowest BCUT2D eigenvalue weighted by molar-refractivity contribution is 0.522. The molecule has 1 aromatic carbocycles. The molecule has 0 aliphatic rings. The molecule has 0 amide bonds. The van der Waals surface area contributed by atoms with Crippen LogP contribution in [-0.4, -0.2) is 9.78 Å². The molecule has 3 rings (SSSR count). The number of halogens is 1. The molecule has 2 aromatic heterocycles. The number of fused-ring (bicyclic) bond motifs is 1. The zero-order valence-electron chi connectivity index (χ0n) is 11.6. The van der Waals surface area contributed by atoms with Gasteiger partial charge in [-0.3, -0.25) is 4.68 Å². The molecule has 0 aliphatic carbocycles. The molecule has 3 aromatic rings. The molecule has 2 heterocycles. The number of aryl methyl sites for hydroxylation is 2. The van der Waals surface area contributed by atoms with Crippen LogP contribution in [0.5, 0.6) is 0 Å². The average molecular weight is 273 g/mol. The zero-order chi connectivity index (χ0) is 14.4. The van der Waals surface area contributed by atoms with E-state index in [1.54, 1.807) is 16.8 Å². The number of rotatable bonds is 2. The highest BCUT2D eigenvalue weighted by molar-refractivity contribution is 5.78. The van der Waals surface area contributed by atoms with Gasteiger partial charge in [0, 0.05) is 23.7 Å². The van der Waals surface area contributed by atoms with Crippen molar-refractivity contribution in [3.05, 3.63) is 52.8 Å². The van der Waals surface area contributed by atoms with E-state index < -0.39 is 6.04 Å². The Morgan fingerprint density at radius 1 is 1.30 bits per heavy atom. The first-order valence-corrected chi connectivity index (χ1v) is 6.42. The van der Waals surface area contributed by atoms with Gasteiger partial charge in [0.25, 0.3) is 0 Å². The highest BCUT2D eigenvalue weighted by Gasteiger charge is 2.21. The maximum atomic E-state index is 13.2. The van der Waals surface area contributed by atoms with Gasteiger partial charge in [0.1, 0.15) is 17.2 Å². The third-order valence-corrected chi connectivity index (χ3v) is 3.68. The van der Waals surface area contributed by atoms with Crippen molar-refractivity contribution in [2.24, 2.45) is 12.8 Å². The van der Waals surface area contributed by atoms with Crippen molar-refractivity contribution >= 4 is 11.0 Å². The fraction of sp³-hybridized carbons (Fsp3) is 0.267. The first kappa shape index (κ1) is 12.9. The quantitative estimate of drug-likeness (QED) is 0.781. The summed E-state index contributed by atoms with van der Waals surface area (Å²) in [5.74, 6) is 0.331. The maximum Gasteiger partial charge on any atom is 0.134 e. The van der Waals surface area contributed by atoms with E-state index in [1.165, 1.54) is 12.1 Å². The van der Waals surface area contributed by atoms with Gasteiger partial charge < -0.3 is 10.2 Å². The van der Waals surface area contributed by atoms with E-state index in [2.05, 4.69) is 5.10 Å². The Kier molecular flexibility index (Phi) is 2.87. The van der Waals surface area contributed by atoms with Crippen LogP contribution in [0, 0.1) is 19.7 Å². The second-order valence-electron chi connectivity index (χ2n) is 5.02. The number of nitrogens with zero attached hydrogens (tertiary/aromatic N) is 2. The van der Waals surface area contributed by atoms with E-state index in [4.69, 9.17) is 10.2 Å². The van der Waals surface area contributed by atoms with Gasteiger partial charge in [-0.25, -0.2) is 4.39 Å². The molecule has 0 saturated carbocycles. The summed E-state index contributed by atoms with van der Waals surface area (Å²) in [7, 11) is 1.88. The average Bonchev–Trinajstić information content (AvgIpc) is 2.91. The molecule has 1 atom stereocenters. The molecule has 5 heteroatoms. The topological polar surface area (TPSA) is 57.0 Å². The van der Waals surface area contributed by atoms with Crippen LogP contribution in [0.1, 0.15) is 28.8 Å². The Morgan fingerprint density at radius 3 is 2.70 bits per heavy atom. The number of aromatic nitrogens is 2. The largest absolute Gasteiger partial charge is 0.459 e. The number of hydrogen-bond acceptors (Lipinski definition) is 3. The van der Waals surface area contributed by atoms with E-state index >= 15 is 0 Å². The number of furan rings is 1. The minimum absolute atomic E-state index is 0.285. The monoisotopic (exact) mass is 273 g/mol. The minimum Gasteiger partial charge on any atom is -0.459 e. The smallest absolute Gasteiger partial charge is 0.134 e. The summed E-state index contributed by atoms with van der Waals surface area (Å²) in [4.78, 5) is 0. The van der Waals surface area contributed by atoms with Crippen molar-refractivity contribution in [1.82, 2.24) is 9.78 Å². The number of benzene rings is 1. The summed E-state index contributed by atoms with van der Waals surface area (Å²) < 4.78 is 20.7. The van der Waals surface area contributed by atoms with Crippen molar-refractivity contribution in [3.8, 4) is 0 Å². The predicted molar refractivity (Wildman–Crippen MR) is 74.9 cm³/mol. The van der Waals surface area contributed by atoms with Crippen molar-refractivity contribution < 1.29 is 8.81 Å². The molecule has 0 fully saturated rings. The second kappa shape index (κ2) is 4.45. The fourth-order valence-corrected chi connectivity index (χ4v) is 2.57. The molecule has 2 N–H and O–H groups in total. The Labute approximate surface area is 116 Å². The van der Waals surface area contributed by atoms with Gasteiger partial charge in [-0.2, -0.15) is 5.10 Å². The predicted octanol–water partition coefficient (Wildman–Crippen LogP) is 2.97. The van der Waals surface area contributed by atoms with Crippen molar-refractivity contribution in [2.45, 2.75) is 19.9 Å². The summed E-state index contributed by atoms with van der Waals surface area (Å²) in [6.07, 6.45) is 0. The van der Waals surface area contributed by atoms with E-state index in [9.17, 15) is 4.39 Å². The first-order valence-electron chi connectivity index (χ1n) is 6.42. The van der Waals surface area contributed by atoms with Crippen LogP contribution in [0.2, 0.25) is 0 Å². The Morgan fingerprint density at radius 2 is 2.05 bits per heavy atom. The van der Waals surface area contributed by atoms with Crippen molar-refractivity contribution in [3.63, 3.8) is 0 Å². The fourth-order valence-electron chi connectivity index (χ4n) is 2.57. The van der Waals surface area contributed by atoms with Gasteiger partial charge in [0.2, 0.25) is 0 Å². The van der Waals surface area contributed by atoms with Crippen molar-refractivity contribution in [2.75, 3.05) is 0 Å². The molecule has 104 valence electrons. The Hall–Kier alpha value is -2.14. The molecular formula is C15H16FN3O. The van der Waals surface area contributed by atoms with Crippen LogP contribution in [0.4, 0.5) is 4.39 Å². The highest BCUT2D eigenvalue weighted by Crippen LogP contribution is 2.30. The summed E-state index contributed by atoms with van der Waals surface area (Å²) in [5, 5.41) is 5.08. The van der Waals surface area contributed by atoms with E-state index in [0.717, 1.165) is 22.3 Å². The van der Waals surface area contributed by atoms with Crippen LogP contribution < -0.4 is 5.73 Å². The van der Waals surface area contributed by atoms with Gasteiger partial charge in [0.05, 0.1) is 11.7 Å². The normalized spacial score (nSPS) is 13.1. The maximum absolute atomic E-state index is 13.2. The number of hydrogen-bond donors (Lipinski definition) is 1. The lowest BCUT2D eigenvalue weighted by Gasteiger charge is -2.09. The summed E-state index contributed by atoms with van der Waals surface area (Å²) >= 11 is 0. The first-order chi connectivity index (χ1) is 9.47. The van der Waals surface area contributed by atoms with Crippen LogP contribution in [0.15, 0.2) is 28.7 Å². The Balaban J connectivity index is 2.10. The number of nitrogens with two attached hydrogens (primary N) is 1. The van der Waals surface area contributed by atoms with Gasteiger partial charge in [-0.15, -0.1) is 0 Å². The van der Waals surface area contributed by atoms with Gasteiger partial charge >= 0.3 is 0 Å². The van der Waals surface area contributed by atoms with Crippen LogP contribution in [-0.2, 0) is 7.05 Å². The molecule has 20 heavy (non-hydrogen) atoms. The van der Waals surface area contributed by atoms with Crippen molar-refractivity contribution in [1.29, 1.82) is 0 Å². The summed E-state index contributed by atoms with van der Waals surface area (Å²) in [6, 6.07) is 5.82. The molecule has 0 radical (unpaired) electrons. The minimum atomic E-state index is -0.404. The third-order valence-electron chi connectivity index (χ3n) is 3.68. The molecule has 0 aliphatic heterocycles. The molecule has 1 unspecified atom stereocenters. The SMILES string of the molecule is Cc1nn(C)c(C)c1C(N)c1cc2cc(F)ccc2o1. The van der Waals surface area contributed by atoms with E-state index in [1.807, 2.05) is 20.9 Å². The second-order valence-corrected chi connectivity index (χ2v) is 5.02. The van der Waals surface area contributed by atoms with Gasteiger partial charge in [0.15, 0.2) is 0 Å². The molecule has 0 bridgehead atoms. The highest BCUT2D eigenvalue weighted by atomic mass is 19.1. The standard InChI is InChI=1S/C15H16FN3O/c1-8-14(9(2)19(3)18-8)15(17)13-7-10-6-11(16)4-5-12(10)20-13/h4-7,15H,17H2,1-3H3. The molecule has 0 spiro atoms. The van der Waals surface area contributed by atoms with Crippen LogP contribution in [0.25, 0.3) is 11.0 Å². The van der Waals surface area contributed by atoms with Crippen LogP contribution in [0.3, 0.4) is 0 Å². The van der Waals surface area contributed by atoms with Gasteiger partial charge in [-0.05, 0) is 38.1 Å². The Bertz CT molecular complexity index is 788. The lowest BCUT2D eigenvalue weighted by Crippen LogP contribution is -2.13. The molecule has 0 saturated heterocycles. The lowest BCUT2D eigenvalue weighted by atomic mass is 10.0. The molecular weight excluding hydrogens is 257 g/mol. The zero-order valence-corrected chi connectivity index (χ0v) is 11.6. The third kappa shape index (κ3) is 1.91. The van der Waals surface area contributed by atoms with E-state index in [-0.39, 0.29) is 5.82 Å². The summed E-state index contributed by atoms with van der Waals surface area (Å²) in [6.45, 7) is 3.89.